The Morgan fingerprint density at radius 3 is 2.11 bits per heavy atom. The quantitative estimate of drug-likeness (QED) is 0.207. The Labute approximate surface area is 262 Å². The van der Waals surface area contributed by atoms with E-state index in [9.17, 15) is 0 Å². The molecule has 0 saturated carbocycles. The summed E-state index contributed by atoms with van der Waals surface area (Å²) in [6, 6.07) is 54.7. The molecule has 0 bridgehead atoms. The van der Waals surface area contributed by atoms with Gasteiger partial charge in [-0.15, -0.1) is 0 Å². The standard InChI is InChI=1S/C43H31NO/c1-43(2)38-18-10-8-17-34(38)35-24-22-31(27-39(35)43)44(30-13-4-3-5-14-30)40-19-11-9-15-32(40)29-21-25-41-37(26-29)36-23-20-28-12-6-7-16-33(28)42(36)45-41/h3-27H,1-2H3. The molecule has 45 heavy (non-hydrogen) atoms. The van der Waals surface area contributed by atoms with E-state index in [-0.39, 0.29) is 5.41 Å². The number of para-hydroxylation sites is 2. The van der Waals surface area contributed by atoms with E-state index in [4.69, 9.17) is 4.42 Å². The second kappa shape index (κ2) is 9.70. The summed E-state index contributed by atoms with van der Waals surface area (Å²) in [5, 5.41) is 4.61. The second-order valence-electron chi connectivity index (χ2n) is 12.6. The number of hydrogen-bond acceptors (Lipinski definition) is 2. The van der Waals surface area contributed by atoms with Gasteiger partial charge in [0.2, 0.25) is 0 Å². The molecule has 0 N–H and O–H groups in total. The highest BCUT2D eigenvalue weighted by molar-refractivity contribution is 6.15. The van der Waals surface area contributed by atoms with Crippen LogP contribution in [-0.4, -0.2) is 0 Å². The van der Waals surface area contributed by atoms with E-state index in [1.54, 1.807) is 0 Å². The van der Waals surface area contributed by atoms with Gasteiger partial charge in [0.25, 0.3) is 0 Å². The van der Waals surface area contributed by atoms with Crippen molar-refractivity contribution in [2.75, 3.05) is 4.90 Å². The van der Waals surface area contributed by atoms with E-state index in [1.165, 1.54) is 33.2 Å². The molecular weight excluding hydrogens is 546 g/mol. The Balaban J connectivity index is 1.24. The topological polar surface area (TPSA) is 16.4 Å². The van der Waals surface area contributed by atoms with Crippen LogP contribution in [0.4, 0.5) is 17.1 Å². The Kier molecular flexibility index (Phi) is 5.58. The molecule has 2 nitrogen and oxygen atoms in total. The fraction of sp³-hybridized carbons (Fsp3) is 0.0698. The van der Waals surface area contributed by atoms with Gasteiger partial charge >= 0.3 is 0 Å². The number of nitrogens with zero attached hydrogens (tertiary/aromatic N) is 1. The minimum atomic E-state index is -0.0820. The number of anilines is 3. The molecule has 0 unspecified atom stereocenters. The molecule has 1 heterocycles. The zero-order chi connectivity index (χ0) is 30.1. The molecule has 0 radical (unpaired) electrons. The average molecular weight is 578 g/mol. The molecule has 0 spiro atoms. The van der Waals surface area contributed by atoms with Gasteiger partial charge in [0.1, 0.15) is 11.2 Å². The molecule has 0 saturated heterocycles. The molecule has 1 aliphatic rings. The molecule has 1 aliphatic carbocycles. The van der Waals surface area contributed by atoms with Gasteiger partial charge in [-0.1, -0.05) is 117 Å². The van der Waals surface area contributed by atoms with Gasteiger partial charge in [-0.25, -0.2) is 0 Å². The zero-order valence-corrected chi connectivity index (χ0v) is 25.3. The lowest BCUT2D eigenvalue weighted by atomic mass is 9.82. The van der Waals surface area contributed by atoms with Gasteiger partial charge in [0, 0.05) is 38.5 Å². The van der Waals surface area contributed by atoms with Gasteiger partial charge in [0.05, 0.1) is 5.69 Å². The third-order valence-corrected chi connectivity index (χ3v) is 9.66. The maximum absolute atomic E-state index is 6.45. The molecule has 214 valence electrons. The molecule has 9 rings (SSSR count). The number of fused-ring (bicyclic) bond motifs is 8. The highest BCUT2D eigenvalue weighted by Gasteiger charge is 2.35. The normalized spacial score (nSPS) is 13.3. The summed E-state index contributed by atoms with van der Waals surface area (Å²) in [5.41, 5.74) is 12.9. The molecule has 8 aromatic rings. The minimum Gasteiger partial charge on any atom is -0.455 e. The van der Waals surface area contributed by atoms with Crippen LogP contribution in [0.25, 0.3) is 55.0 Å². The van der Waals surface area contributed by atoms with Crippen LogP contribution in [0.15, 0.2) is 156 Å². The van der Waals surface area contributed by atoms with E-state index in [0.717, 1.165) is 50.0 Å². The van der Waals surface area contributed by atoms with Crippen molar-refractivity contribution >= 4 is 49.8 Å². The first-order chi connectivity index (χ1) is 22.1. The van der Waals surface area contributed by atoms with E-state index in [2.05, 4.69) is 170 Å². The zero-order valence-electron chi connectivity index (χ0n) is 25.3. The Bertz CT molecular complexity index is 2410. The fourth-order valence-electron chi connectivity index (χ4n) is 7.42. The largest absolute Gasteiger partial charge is 0.455 e. The van der Waals surface area contributed by atoms with Gasteiger partial charge < -0.3 is 9.32 Å². The molecule has 7 aromatic carbocycles. The second-order valence-corrected chi connectivity index (χ2v) is 12.6. The Morgan fingerprint density at radius 1 is 0.489 bits per heavy atom. The Morgan fingerprint density at radius 2 is 1.22 bits per heavy atom. The maximum atomic E-state index is 6.45. The summed E-state index contributed by atoms with van der Waals surface area (Å²) >= 11 is 0. The first kappa shape index (κ1) is 25.9. The van der Waals surface area contributed by atoms with Crippen LogP contribution in [0.3, 0.4) is 0 Å². The monoisotopic (exact) mass is 577 g/mol. The van der Waals surface area contributed by atoms with Crippen molar-refractivity contribution in [2.24, 2.45) is 0 Å². The first-order valence-corrected chi connectivity index (χ1v) is 15.6. The third-order valence-electron chi connectivity index (χ3n) is 9.66. The van der Waals surface area contributed by atoms with Gasteiger partial charge in [-0.05, 0) is 81.7 Å². The summed E-state index contributed by atoms with van der Waals surface area (Å²) in [6.07, 6.45) is 0. The molecule has 0 fully saturated rings. The molecule has 0 atom stereocenters. The summed E-state index contributed by atoms with van der Waals surface area (Å²) in [7, 11) is 0. The van der Waals surface area contributed by atoms with Crippen molar-refractivity contribution in [3.63, 3.8) is 0 Å². The molecule has 0 amide bonds. The predicted octanol–water partition coefficient (Wildman–Crippen LogP) is 12.2. The highest BCUT2D eigenvalue weighted by atomic mass is 16.3. The van der Waals surface area contributed by atoms with Crippen molar-refractivity contribution < 1.29 is 4.42 Å². The summed E-state index contributed by atoms with van der Waals surface area (Å²) in [4.78, 5) is 2.40. The van der Waals surface area contributed by atoms with Crippen LogP contribution in [0.2, 0.25) is 0 Å². The van der Waals surface area contributed by atoms with E-state index < -0.39 is 0 Å². The van der Waals surface area contributed by atoms with Crippen LogP contribution in [0.1, 0.15) is 25.0 Å². The van der Waals surface area contributed by atoms with Crippen molar-refractivity contribution in [1.82, 2.24) is 0 Å². The van der Waals surface area contributed by atoms with Crippen molar-refractivity contribution in [3.05, 3.63) is 163 Å². The van der Waals surface area contributed by atoms with Crippen molar-refractivity contribution in [1.29, 1.82) is 0 Å². The van der Waals surface area contributed by atoms with Crippen LogP contribution in [0, 0.1) is 0 Å². The number of benzene rings is 7. The molecular formula is C43H31NO. The maximum Gasteiger partial charge on any atom is 0.143 e. The Hall–Kier alpha value is -5.60. The smallest absolute Gasteiger partial charge is 0.143 e. The molecule has 0 aliphatic heterocycles. The van der Waals surface area contributed by atoms with Crippen molar-refractivity contribution in [3.8, 4) is 22.3 Å². The summed E-state index contributed by atoms with van der Waals surface area (Å²) < 4.78 is 6.45. The van der Waals surface area contributed by atoms with Gasteiger partial charge in [-0.2, -0.15) is 0 Å². The van der Waals surface area contributed by atoms with Gasteiger partial charge in [-0.3, -0.25) is 0 Å². The predicted molar refractivity (Wildman–Crippen MR) is 189 cm³/mol. The van der Waals surface area contributed by atoms with E-state index in [1.807, 2.05) is 0 Å². The fourth-order valence-corrected chi connectivity index (χ4v) is 7.42. The van der Waals surface area contributed by atoms with E-state index in [0.29, 0.717) is 0 Å². The van der Waals surface area contributed by atoms with Crippen LogP contribution in [0.5, 0.6) is 0 Å². The SMILES string of the molecule is CC1(C)c2ccccc2-c2ccc(N(c3ccccc3)c3ccccc3-c3ccc4oc5c6ccccc6ccc5c4c3)cc21. The highest BCUT2D eigenvalue weighted by Crippen LogP contribution is 2.51. The number of hydrogen-bond donors (Lipinski definition) is 0. The minimum absolute atomic E-state index is 0.0820. The third kappa shape index (κ3) is 3.89. The molecule has 1 aromatic heterocycles. The van der Waals surface area contributed by atoms with Gasteiger partial charge in [0.15, 0.2) is 0 Å². The molecule has 2 heteroatoms. The average Bonchev–Trinajstić information content (AvgIpc) is 3.58. The van der Waals surface area contributed by atoms with Crippen LogP contribution in [-0.2, 0) is 5.41 Å². The first-order valence-electron chi connectivity index (χ1n) is 15.6. The number of rotatable bonds is 4. The lowest BCUT2D eigenvalue weighted by molar-refractivity contribution is 0.660. The summed E-state index contributed by atoms with van der Waals surface area (Å²) in [6.45, 7) is 4.69. The summed E-state index contributed by atoms with van der Waals surface area (Å²) in [5.74, 6) is 0. The van der Waals surface area contributed by atoms with Crippen LogP contribution < -0.4 is 4.90 Å². The lowest BCUT2D eigenvalue weighted by Crippen LogP contribution is -2.16. The lowest BCUT2D eigenvalue weighted by Gasteiger charge is -2.29. The van der Waals surface area contributed by atoms with E-state index >= 15 is 0 Å². The van der Waals surface area contributed by atoms with Crippen LogP contribution >= 0.6 is 0 Å². The number of furan rings is 1. The van der Waals surface area contributed by atoms with Crippen molar-refractivity contribution in [2.45, 2.75) is 19.3 Å².